The molecule has 1 heterocycles. The second kappa shape index (κ2) is 5.24. The molecule has 2 unspecified atom stereocenters. The lowest BCUT2D eigenvalue weighted by molar-refractivity contribution is -0.118. The summed E-state index contributed by atoms with van der Waals surface area (Å²) in [5.41, 5.74) is 0. The summed E-state index contributed by atoms with van der Waals surface area (Å²) in [6.07, 6.45) is 2.27. The Morgan fingerprint density at radius 1 is 1.58 bits per heavy atom. The molecule has 1 rings (SSSR count). The van der Waals surface area contributed by atoms with E-state index in [0.717, 1.165) is 19.1 Å². The molecule has 12 heavy (non-hydrogen) atoms. The van der Waals surface area contributed by atoms with Gasteiger partial charge >= 0.3 is 0 Å². The Hall–Kier alpha value is -0.450. The zero-order valence-corrected chi connectivity index (χ0v) is 6.94. The Kier molecular flexibility index (Phi) is 4.21. The monoisotopic (exact) mass is 174 g/mol. The molecule has 0 aliphatic carbocycles. The predicted octanol–water partition coefficient (Wildman–Crippen LogP) is -0.258. The van der Waals surface area contributed by atoms with Crippen molar-refractivity contribution in [3.05, 3.63) is 0 Å². The van der Waals surface area contributed by atoms with E-state index in [1.54, 1.807) is 0 Å². The number of carbonyl (C=O) groups is 1. The molecule has 1 saturated heterocycles. The van der Waals surface area contributed by atoms with Crippen LogP contribution >= 0.6 is 0 Å². The largest absolute Gasteiger partial charge is 0.394 e. The molecule has 0 saturated carbocycles. The minimum atomic E-state index is -0.243. The summed E-state index contributed by atoms with van der Waals surface area (Å²) in [7, 11) is 0. The van der Waals surface area contributed by atoms with E-state index in [1.165, 1.54) is 0 Å². The molecule has 0 aromatic heterocycles. The van der Waals surface area contributed by atoms with Crippen molar-refractivity contribution < 1.29 is 19.4 Å². The molecule has 1 aliphatic rings. The van der Waals surface area contributed by atoms with Crippen LogP contribution in [0.5, 0.6) is 0 Å². The highest BCUT2D eigenvalue weighted by molar-refractivity contribution is 5.56. The lowest BCUT2D eigenvalue weighted by Crippen LogP contribution is -2.18. The van der Waals surface area contributed by atoms with Crippen molar-refractivity contribution in [2.45, 2.75) is 25.0 Å². The molecule has 0 aromatic rings. The molecule has 70 valence electrons. The van der Waals surface area contributed by atoms with Crippen molar-refractivity contribution in [3.63, 3.8) is 0 Å². The lowest BCUT2D eigenvalue weighted by Gasteiger charge is -2.09. The van der Waals surface area contributed by atoms with E-state index in [9.17, 15) is 4.79 Å². The quantitative estimate of drug-likeness (QED) is 0.461. The molecular weight excluding hydrogens is 160 g/mol. The highest BCUT2D eigenvalue weighted by Gasteiger charge is 2.24. The highest BCUT2D eigenvalue weighted by atomic mass is 16.5. The van der Waals surface area contributed by atoms with Gasteiger partial charge in [0.15, 0.2) is 0 Å². The number of hydrogen-bond acceptors (Lipinski definition) is 4. The third-order valence-electron chi connectivity index (χ3n) is 1.83. The van der Waals surface area contributed by atoms with Crippen LogP contribution in [0, 0.1) is 0 Å². The van der Waals surface area contributed by atoms with Gasteiger partial charge in [-0.05, 0) is 12.8 Å². The van der Waals surface area contributed by atoms with Gasteiger partial charge in [0.25, 0.3) is 0 Å². The van der Waals surface area contributed by atoms with E-state index < -0.39 is 0 Å². The van der Waals surface area contributed by atoms with Gasteiger partial charge in [-0.1, -0.05) is 0 Å². The van der Waals surface area contributed by atoms with E-state index in [0.29, 0.717) is 13.2 Å². The molecule has 1 N–H and O–H groups in total. The van der Waals surface area contributed by atoms with Crippen molar-refractivity contribution in [1.82, 2.24) is 0 Å². The van der Waals surface area contributed by atoms with Gasteiger partial charge in [-0.15, -0.1) is 0 Å². The Bertz CT molecular complexity index is 137. The van der Waals surface area contributed by atoms with Gasteiger partial charge in [0, 0.05) is 0 Å². The zero-order valence-electron chi connectivity index (χ0n) is 6.94. The minimum Gasteiger partial charge on any atom is -0.394 e. The van der Waals surface area contributed by atoms with Crippen LogP contribution in [-0.4, -0.2) is 43.4 Å². The first-order valence-electron chi connectivity index (χ1n) is 4.16. The molecule has 1 fully saturated rings. The first kappa shape index (κ1) is 9.64. The molecule has 2 atom stereocenters. The van der Waals surface area contributed by atoms with E-state index in [-0.39, 0.29) is 18.8 Å². The maximum Gasteiger partial charge on any atom is 0.148 e. The SMILES string of the molecule is O=CC1CCC(COCCO)O1. The van der Waals surface area contributed by atoms with E-state index in [1.807, 2.05) is 0 Å². The van der Waals surface area contributed by atoms with Crippen LogP contribution in [0.15, 0.2) is 0 Å². The molecule has 4 heteroatoms. The molecule has 0 bridgehead atoms. The molecule has 4 nitrogen and oxygen atoms in total. The number of ether oxygens (including phenoxy) is 2. The van der Waals surface area contributed by atoms with Crippen LogP contribution in [0.25, 0.3) is 0 Å². The van der Waals surface area contributed by atoms with E-state index >= 15 is 0 Å². The van der Waals surface area contributed by atoms with Gasteiger partial charge < -0.3 is 19.4 Å². The maximum absolute atomic E-state index is 10.3. The number of rotatable bonds is 5. The molecule has 1 aliphatic heterocycles. The third-order valence-corrected chi connectivity index (χ3v) is 1.83. The molecule has 0 aromatic carbocycles. The number of aliphatic hydroxyl groups is 1. The second-order valence-corrected chi connectivity index (χ2v) is 2.81. The highest BCUT2D eigenvalue weighted by Crippen LogP contribution is 2.17. The first-order chi connectivity index (χ1) is 5.86. The van der Waals surface area contributed by atoms with Crippen molar-refractivity contribution in [1.29, 1.82) is 0 Å². The minimum absolute atomic E-state index is 0.0316. The van der Waals surface area contributed by atoms with Gasteiger partial charge in [-0.3, -0.25) is 0 Å². The van der Waals surface area contributed by atoms with Crippen molar-refractivity contribution in [2.75, 3.05) is 19.8 Å². The van der Waals surface area contributed by atoms with Gasteiger partial charge in [0.2, 0.25) is 0 Å². The Balaban J connectivity index is 2.06. The van der Waals surface area contributed by atoms with Crippen LogP contribution in [-0.2, 0) is 14.3 Å². The molecule has 0 amide bonds. The van der Waals surface area contributed by atoms with Crippen LogP contribution in [0.2, 0.25) is 0 Å². The molecular formula is C8H14O4. The average molecular weight is 174 g/mol. The lowest BCUT2D eigenvalue weighted by atomic mass is 10.2. The Morgan fingerprint density at radius 3 is 3.00 bits per heavy atom. The van der Waals surface area contributed by atoms with Gasteiger partial charge in [0.1, 0.15) is 12.4 Å². The zero-order chi connectivity index (χ0) is 8.81. The Labute approximate surface area is 71.5 Å². The normalized spacial score (nSPS) is 29.1. The molecule has 0 radical (unpaired) electrons. The van der Waals surface area contributed by atoms with E-state index in [2.05, 4.69) is 0 Å². The average Bonchev–Trinajstić information content (AvgIpc) is 2.53. The second-order valence-electron chi connectivity index (χ2n) is 2.81. The summed E-state index contributed by atoms with van der Waals surface area (Å²) in [5, 5.41) is 8.42. The van der Waals surface area contributed by atoms with Crippen LogP contribution in [0.4, 0.5) is 0 Å². The van der Waals surface area contributed by atoms with Gasteiger partial charge in [-0.25, -0.2) is 0 Å². The Morgan fingerprint density at radius 2 is 2.42 bits per heavy atom. The fourth-order valence-corrected chi connectivity index (χ4v) is 1.24. The summed E-state index contributed by atoms with van der Waals surface area (Å²) >= 11 is 0. The van der Waals surface area contributed by atoms with Crippen LogP contribution in [0.3, 0.4) is 0 Å². The van der Waals surface area contributed by atoms with Crippen LogP contribution in [0.1, 0.15) is 12.8 Å². The maximum atomic E-state index is 10.3. The summed E-state index contributed by atoms with van der Waals surface area (Å²) < 4.78 is 10.4. The van der Waals surface area contributed by atoms with Crippen molar-refractivity contribution >= 4 is 6.29 Å². The first-order valence-corrected chi connectivity index (χ1v) is 4.16. The van der Waals surface area contributed by atoms with Crippen molar-refractivity contribution in [2.24, 2.45) is 0 Å². The van der Waals surface area contributed by atoms with Crippen molar-refractivity contribution in [3.8, 4) is 0 Å². The van der Waals surface area contributed by atoms with Crippen LogP contribution < -0.4 is 0 Å². The topological polar surface area (TPSA) is 55.8 Å². The summed E-state index contributed by atoms with van der Waals surface area (Å²) in [6.45, 7) is 0.848. The third kappa shape index (κ3) is 2.89. The summed E-state index contributed by atoms with van der Waals surface area (Å²) in [5.74, 6) is 0. The molecule has 0 spiro atoms. The fraction of sp³-hybridized carbons (Fsp3) is 0.875. The predicted molar refractivity (Wildman–Crippen MR) is 41.9 cm³/mol. The smallest absolute Gasteiger partial charge is 0.148 e. The van der Waals surface area contributed by atoms with Gasteiger partial charge in [0.05, 0.1) is 25.9 Å². The summed E-state index contributed by atoms with van der Waals surface area (Å²) in [6, 6.07) is 0. The summed E-state index contributed by atoms with van der Waals surface area (Å²) in [4.78, 5) is 10.3. The fourth-order valence-electron chi connectivity index (χ4n) is 1.24. The van der Waals surface area contributed by atoms with E-state index in [4.69, 9.17) is 14.6 Å². The van der Waals surface area contributed by atoms with Gasteiger partial charge in [-0.2, -0.15) is 0 Å². The standard InChI is InChI=1S/C8H14O4/c9-3-4-11-6-8-2-1-7(5-10)12-8/h5,7-9H,1-4,6H2. The number of hydrogen-bond donors (Lipinski definition) is 1. The number of carbonyl (C=O) groups excluding carboxylic acids is 1. The number of aldehydes is 1. The number of aliphatic hydroxyl groups excluding tert-OH is 1.